The van der Waals surface area contributed by atoms with Crippen molar-refractivity contribution in [2.45, 2.75) is 51.9 Å². The van der Waals surface area contributed by atoms with E-state index < -0.39 is 19.8 Å². The first-order valence-electron chi connectivity index (χ1n) is 11.6. The van der Waals surface area contributed by atoms with Crippen molar-refractivity contribution in [3.8, 4) is 0 Å². The molecular formula is C26H30N2O6Si. The van der Waals surface area contributed by atoms with Crippen LogP contribution in [0.25, 0.3) is 17.2 Å². The highest BCUT2D eigenvalue weighted by atomic mass is 28.3. The Balaban J connectivity index is 1.50. The molecule has 1 aliphatic rings. The molecule has 9 heteroatoms. The SMILES string of the molecule is CC1c2ccc(/C=C/C(=O)O)cc2C(=O)N1Cc1ccc2c(c1)oc(=O)n2COCC[Si](C)(C)C. The fourth-order valence-corrected chi connectivity index (χ4v) is 4.92. The molecule has 0 fully saturated rings. The molecule has 0 saturated carbocycles. The van der Waals surface area contributed by atoms with Gasteiger partial charge < -0.3 is 19.2 Å². The molecule has 0 aliphatic carbocycles. The number of hydrogen-bond donors (Lipinski definition) is 1. The van der Waals surface area contributed by atoms with Crippen molar-refractivity contribution in [3.05, 3.63) is 75.3 Å². The molecule has 3 aromatic rings. The van der Waals surface area contributed by atoms with Gasteiger partial charge >= 0.3 is 11.7 Å². The first-order chi connectivity index (χ1) is 16.5. The van der Waals surface area contributed by atoms with Crippen LogP contribution in [0.1, 0.15) is 40.0 Å². The lowest BCUT2D eigenvalue weighted by atomic mass is 10.0. The Morgan fingerprint density at radius 1 is 1.17 bits per heavy atom. The topological polar surface area (TPSA) is 102 Å². The predicted molar refractivity (Wildman–Crippen MR) is 136 cm³/mol. The van der Waals surface area contributed by atoms with E-state index in [1.165, 1.54) is 10.6 Å². The van der Waals surface area contributed by atoms with E-state index >= 15 is 0 Å². The number of hydrogen-bond acceptors (Lipinski definition) is 5. The molecule has 4 rings (SSSR count). The molecular weight excluding hydrogens is 464 g/mol. The molecule has 8 nitrogen and oxygen atoms in total. The van der Waals surface area contributed by atoms with Gasteiger partial charge in [-0.3, -0.25) is 4.79 Å². The number of carbonyl (C=O) groups is 2. The maximum Gasteiger partial charge on any atom is 0.421 e. The highest BCUT2D eigenvalue weighted by Gasteiger charge is 2.33. The van der Waals surface area contributed by atoms with Gasteiger partial charge in [0.2, 0.25) is 0 Å². The van der Waals surface area contributed by atoms with E-state index in [0.29, 0.717) is 35.4 Å². The minimum Gasteiger partial charge on any atom is -0.478 e. The Labute approximate surface area is 204 Å². The summed E-state index contributed by atoms with van der Waals surface area (Å²) in [5.74, 6) is -1.63. The molecule has 1 unspecified atom stereocenters. The van der Waals surface area contributed by atoms with Gasteiger partial charge in [-0.15, -0.1) is 0 Å². The number of oxazole rings is 1. The third kappa shape index (κ3) is 5.46. The van der Waals surface area contributed by atoms with E-state index in [4.69, 9.17) is 14.3 Å². The van der Waals surface area contributed by atoms with Gasteiger partial charge in [0.25, 0.3) is 5.91 Å². The van der Waals surface area contributed by atoms with E-state index in [0.717, 1.165) is 23.2 Å². The summed E-state index contributed by atoms with van der Waals surface area (Å²) in [5, 5.41) is 8.85. The van der Waals surface area contributed by atoms with Crippen molar-refractivity contribution in [3.63, 3.8) is 0 Å². The molecule has 0 spiro atoms. The van der Waals surface area contributed by atoms with Crippen LogP contribution >= 0.6 is 0 Å². The fraction of sp³-hybridized carbons (Fsp3) is 0.346. The van der Waals surface area contributed by atoms with Crippen molar-refractivity contribution in [1.82, 2.24) is 9.47 Å². The molecule has 184 valence electrons. The highest BCUT2D eigenvalue weighted by molar-refractivity contribution is 6.76. The van der Waals surface area contributed by atoms with Gasteiger partial charge in [-0.1, -0.05) is 37.8 Å². The zero-order valence-electron chi connectivity index (χ0n) is 20.4. The number of carbonyl (C=O) groups excluding carboxylic acids is 1. The Bertz CT molecular complexity index is 1360. The Kier molecular flexibility index (Phi) is 6.82. The molecule has 1 atom stereocenters. The highest BCUT2D eigenvalue weighted by Crippen LogP contribution is 2.35. The summed E-state index contributed by atoms with van der Waals surface area (Å²) in [6.07, 6.45) is 2.52. The van der Waals surface area contributed by atoms with Crippen LogP contribution in [0.15, 0.2) is 51.7 Å². The second kappa shape index (κ2) is 9.67. The number of ether oxygens (including phenoxy) is 1. The van der Waals surface area contributed by atoms with Gasteiger partial charge in [-0.2, -0.15) is 0 Å². The van der Waals surface area contributed by atoms with Gasteiger partial charge in [-0.05, 0) is 53.9 Å². The van der Waals surface area contributed by atoms with E-state index in [9.17, 15) is 14.4 Å². The third-order valence-corrected chi connectivity index (χ3v) is 7.91. The van der Waals surface area contributed by atoms with Crippen LogP contribution in [0.4, 0.5) is 0 Å². The minimum atomic E-state index is -1.21. The van der Waals surface area contributed by atoms with Crippen LogP contribution in [0.2, 0.25) is 25.7 Å². The van der Waals surface area contributed by atoms with E-state index in [2.05, 4.69) is 19.6 Å². The zero-order valence-corrected chi connectivity index (χ0v) is 21.4. The molecule has 0 radical (unpaired) electrons. The summed E-state index contributed by atoms with van der Waals surface area (Å²) >= 11 is 0. The summed E-state index contributed by atoms with van der Waals surface area (Å²) in [6.45, 7) is 9.89. The molecule has 2 heterocycles. The van der Waals surface area contributed by atoms with Crippen molar-refractivity contribution < 1.29 is 23.8 Å². The lowest BCUT2D eigenvalue weighted by Crippen LogP contribution is -2.26. The fourth-order valence-electron chi connectivity index (χ4n) is 4.16. The predicted octanol–water partition coefficient (Wildman–Crippen LogP) is 4.72. The zero-order chi connectivity index (χ0) is 25.3. The van der Waals surface area contributed by atoms with Gasteiger partial charge in [0.1, 0.15) is 6.73 Å². The summed E-state index contributed by atoms with van der Waals surface area (Å²) < 4.78 is 12.7. The quantitative estimate of drug-likeness (QED) is 0.262. The maximum absolute atomic E-state index is 13.1. The molecule has 0 bridgehead atoms. The Morgan fingerprint density at radius 2 is 1.94 bits per heavy atom. The minimum absolute atomic E-state index is 0.118. The molecule has 35 heavy (non-hydrogen) atoms. The smallest absolute Gasteiger partial charge is 0.421 e. The standard InChI is InChI=1S/C26H30N2O6Si/c1-17-20-8-5-18(7-10-24(29)30)13-21(20)25(31)27(17)15-19-6-9-22-23(14-19)34-26(32)28(22)16-33-11-12-35(2,3)4/h5-10,13-14,17H,11-12,15-16H2,1-4H3,(H,29,30)/b10-7+. The lowest BCUT2D eigenvalue weighted by molar-refractivity contribution is -0.131. The maximum atomic E-state index is 13.1. The van der Waals surface area contributed by atoms with Gasteiger partial charge in [0.15, 0.2) is 5.58 Å². The molecule has 0 saturated heterocycles. The number of benzene rings is 2. The number of aromatic nitrogens is 1. The average Bonchev–Trinajstić information content (AvgIpc) is 3.22. The molecule has 1 aliphatic heterocycles. The second-order valence-corrected chi connectivity index (χ2v) is 15.7. The summed E-state index contributed by atoms with van der Waals surface area (Å²) in [6, 6.07) is 11.8. The van der Waals surface area contributed by atoms with Crippen molar-refractivity contribution >= 4 is 37.1 Å². The molecule has 1 aromatic heterocycles. The van der Waals surface area contributed by atoms with Crippen LogP contribution in [0, 0.1) is 0 Å². The largest absolute Gasteiger partial charge is 0.478 e. The molecule has 2 aromatic carbocycles. The van der Waals surface area contributed by atoms with Crippen LogP contribution in [0.5, 0.6) is 0 Å². The first-order valence-corrected chi connectivity index (χ1v) is 15.3. The number of amides is 1. The number of aliphatic carboxylic acids is 1. The normalized spacial score (nSPS) is 15.9. The number of rotatable bonds is 9. The van der Waals surface area contributed by atoms with E-state index in [1.54, 1.807) is 23.1 Å². The van der Waals surface area contributed by atoms with Gasteiger partial charge in [-0.25, -0.2) is 14.2 Å². The van der Waals surface area contributed by atoms with Crippen molar-refractivity contribution in [2.75, 3.05) is 6.61 Å². The monoisotopic (exact) mass is 494 g/mol. The van der Waals surface area contributed by atoms with Crippen molar-refractivity contribution in [2.24, 2.45) is 0 Å². The Hall–Kier alpha value is -3.43. The number of nitrogens with zero attached hydrogens (tertiary/aromatic N) is 2. The number of carboxylic acid groups (broad SMARTS) is 1. The average molecular weight is 495 g/mol. The van der Waals surface area contributed by atoms with Crippen LogP contribution in [0.3, 0.4) is 0 Å². The van der Waals surface area contributed by atoms with Crippen LogP contribution < -0.4 is 5.76 Å². The summed E-state index contributed by atoms with van der Waals surface area (Å²) in [5.41, 5.74) is 4.09. The Morgan fingerprint density at radius 3 is 2.66 bits per heavy atom. The van der Waals surface area contributed by atoms with Crippen LogP contribution in [-0.4, -0.2) is 41.1 Å². The third-order valence-electron chi connectivity index (χ3n) is 6.21. The molecule has 1 N–H and O–H groups in total. The number of fused-ring (bicyclic) bond motifs is 2. The second-order valence-electron chi connectivity index (χ2n) is 10.1. The molecule has 1 amide bonds. The van der Waals surface area contributed by atoms with E-state index in [-0.39, 0.29) is 18.7 Å². The van der Waals surface area contributed by atoms with Gasteiger partial charge in [0, 0.05) is 32.9 Å². The number of carboxylic acids is 1. The first kappa shape index (κ1) is 24.7. The van der Waals surface area contributed by atoms with Crippen LogP contribution in [-0.2, 0) is 22.8 Å². The summed E-state index contributed by atoms with van der Waals surface area (Å²) in [4.78, 5) is 38.1. The summed E-state index contributed by atoms with van der Waals surface area (Å²) in [7, 11) is -1.21. The van der Waals surface area contributed by atoms with E-state index in [1.807, 2.05) is 25.1 Å². The van der Waals surface area contributed by atoms with Gasteiger partial charge in [0.05, 0.1) is 11.6 Å². The van der Waals surface area contributed by atoms with Crippen molar-refractivity contribution in [1.29, 1.82) is 0 Å². The lowest BCUT2D eigenvalue weighted by Gasteiger charge is -2.22.